The maximum absolute atomic E-state index is 13.8. The minimum atomic E-state index is -0.172. The maximum Gasteiger partial charge on any atom is 0.127 e. The SMILES string of the molecule is Cc1cc(C)c(C(C)NCc2cc(Br)ccc2F)cc1C. The molecule has 2 aromatic rings. The molecule has 1 atom stereocenters. The van der Waals surface area contributed by atoms with Gasteiger partial charge in [0.15, 0.2) is 0 Å². The van der Waals surface area contributed by atoms with Gasteiger partial charge in [-0.15, -0.1) is 0 Å². The summed E-state index contributed by atoms with van der Waals surface area (Å²) in [4.78, 5) is 0. The molecule has 0 amide bonds. The number of hydrogen-bond acceptors (Lipinski definition) is 1. The molecule has 0 heterocycles. The highest BCUT2D eigenvalue weighted by atomic mass is 79.9. The van der Waals surface area contributed by atoms with Gasteiger partial charge in [-0.3, -0.25) is 0 Å². The molecule has 0 saturated heterocycles. The normalized spacial score (nSPS) is 12.5. The molecule has 0 bridgehead atoms. The molecule has 2 rings (SSSR count). The molecular weight excluding hydrogens is 329 g/mol. The molecule has 0 spiro atoms. The van der Waals surface area contributed by atoms with E-state index in [2.05, 4.69) is 61.1 Å². The van der Waals surface area contributed by atoms with Gasteiger partial charge in [-0.05, 0) is 68.1 Å². The van der Waals surface area contributed by atoms with Crippen molar-refractivity contribution in [1.29, 1.82) is 0 Å². The maximum atomic E-state index is 13.8. The van der Waals surface area contributed by atoms with Crippen LogP contribution in [0.25, 0.3) is 0 Å². The van der Waals surface area contributed by atoms with Crippen molar-refractivity contribution in [3.63, 3.8) is 0 Å². The van der Waals surface area contributed by atoms with E-state index in [-0.39, 0.29) is 11.9 Å². The predicted octanol–water partition coefficient (Wildman–Crippen LogP) is 5.36. The van der Waals surface area contributed by atoms with E-state index in [4.69, 9.17) is 0 Å². The smallest absolute Gasteiger partial charge is 0.127 e. The highest BCUT2D eigenvalue weighted by Crippen LogP contribution is 2.22. The van der Waals surface area contributed by atoms with Crippen LogP contribution in [0.5, 0.6) is 0 Å². The van der Waals surface area contributed by atoms with Gasteiger partial charge in [0.05, 0.1) is 0 Å². The van der Waals surface area contributed by atoms with E-state index < -0.39 is 0 Å². The summed E-state index contributed by atoms with van der Waals surface area (Å²) in [6, 6.07) is 9.65. The Morgan fingerprint density at radius 3 is 2.43 bits per heavy atom. The Morgan fingerprint density at radius 2 is 1.71 bits per heavy atom. The molecule has 0 saturated carbocycles. The van der Waals surface area contributed by atoms with Crippen LogP contribution >= 0.6 is 15.9 Å². The molecule has 0 fully saturated rings. The zero-order chi connectivity index (χ0) is 15.6. The van der Waals surface area contributed by atoms with Crippen LogP contribution in [-0.4, -0.2) is 0 Å². The molecule has 0 aliphatic heterocycles. The van der Waals surface area contributed by atoms with Gasteiger partial charge in [-0.25, -0.2) is 4.39 Å². The van der Waals surface area contributed by atoms with Gasteiger partial charge in [-0.2, -0.15) is 0 Å². The minimum Gasteiger partial charge on any atom is -0.306 e. The van der Waals surface area contributed by atoms with Crippen LogP contribution in [0.3, 0.4) is 0 Å². The molecule has 0 aromatic heterocycles. The van der Waals surface area contributed by atoms with Crippen LogP contribution in [0.4, 0.5) is 4.39 Å². The third-order valence-corrected chi connectivity index (χ3v) is 4.45. The van der Waals surface area contributed by atoms with E-state index in [1.54, 1.807) is 6.07 Å². The zero-order valence-electron chi connectivity index (χ0n) is 12.9. The Hall–Kier alpha value is -1.19. The lowest BCUT2D eigenvalue weighted by Gasteiger charge is -2.19. The fourth-order valence-electron chi connectivity index (χ4n) is 2.50. The summed E-state index contributed by atoms with van der Waals surface area (Å²) in [5.74, 6) is -0.172. The number of rotatable bonds is 4. The van der Waals surface area contributed by atoms with Crippen LogP contribution in [0, 0.1) is 26.6 Å². The molecular formula is C18H21BrFN. The van der Waals surface area contributed by atoms with Gasteiger partial charge in [0.25, 0.3) is 0 Å². The van der Waals surface area contributed by atoms with Crippen molar-refractivity contribution in [2.24, 2.45) is 0 Å². The molecule has 0 aliphatic carbocycles. The summed E-state index contributed by atoms with van der Waals surface area (Å²) in [6.07, 6.45) is 0. The number of hydrogen-bond donors (Lipinski definition) is 1. The van der Waals surface area contributed by atoms with Gasteiger partial charge < -0.3 is 5.32 Å². The third-order valence-electron chi connectivity index (χ3n) is 3.96. The van der Waals surface area contributed by atoms with Gasteiger partial charge in [0.1, 0.15) is 5.82 Å². The number of nitrogens with one attached hydrogen (secondary N) is 1. The Kier molecular flexibility index (Phi) is 5.17. The largest absolute Gasteiger partial charge is 0.306 e. The van der Waals surface area contributed by atoms with E-state index in [1.165, 1.54) is 28.3 Å². The summed E-state index contributed by atoms with van der Waals surface area (Å²) in [5.41, 5.74) is 5.82. The van der Waals surface area contributed by atoms with Gasteiger partial charge in [-0.1, -0.05) is 28.1 Å². The molecule has 1 nitrogen and oxygen atoms in total. The van der Waals surface area contributed by atoms with Crippen LogP contribution in [0.1, 0.15) is 40.8 Å². The van der Waals surface area contributed by atoms with Gasteiger partial charge in [0, 0.05) is 22.6 Å². The van der Waals surface area contributed by atoms with E-state index in [0.29, 0.717) is 12.1 Å². The predicted molar refractivity (Wildman–Crippen MR) is 90.0 cm³/mol. The Morgan fingerprint density at radius 1 is 1.05 bits per heavy atom. The van der Waals surface area contributed by atoms with Crippen molar-refractivity contribution in [3.8, 4) is 0 Å². The van der Waals surface area contributed by atoms with Crippen LogP contribution < -0.4 is 5.32 Å². The van der Waals surface area contributed by atoms with Crippen LogP contribution in [0.15, 0.2) is 34.8 Å². The first-order valence-electron chi connectivity index (χ1n) is 7.13. The van der Waals surface area contributed by atoms with E-state index in [1.807, 2.05) is 6.07 Å². The average Bonchev–Trinajstić information content (AvgIpc) is 2.43. The summed E-state index contributed by atoms with van der Waals surface area (Å²) < 4.78 is 14.7. The quantitative estimate of drug-likeness (QED) is 0.782. The molecule has 3 heteroatoms. The number of halogens is 2. The fourth-order valence-corrected chi connectivity index (χ4v) is 2.91. The molecule has 1 unspecified atom stereocenters. The lowest BCUT2D eigenvalue weighted by molar-refractivity contribution is 0.542. The van der Waals surface area contributed by atoms with Crippen LogP contribution in [-0.2, 0) is 6.54 Å². The fraction of sp³-hybridized carbons (Fsp3) is 0.333. The minimum absolute atomic E-state index is 0.172. The second-order valence-electron chi connectivity index (χ2n) is 5.63. The third kappa shape index (κ3) is 3.92. The lowest BCUT2D eigenvalue weighted by atomic mass is 9.96. The van der Waals surface area contributed by atoms with Crippen molar-refractivity contribution in [2.75, 3.05) is 0 Å². The summed E-state index contributed by atoms with van der Waals surface area (Å²) >= 11 is 3.38. The highest BCUT2D eigenvalue weighted by Gasteiger charge is 2.11. The van der Waals surface area contributed by atoms with Crippen molar-refractivity contribution < 1.29 is 4.39 Å². The first kappa shape index (κ1) is 16.2. The van der Waals surface area contributed by atoms with Crippen molar-refractivity contribution >= 4 is 15.9 Å². The summed E-state index contributed by atoms with van der Waals surface area (Å²) in [6.45, 7) is 9.01. The summed E-state index contributed by atoms with van der Waals surface area (Å²) in [5, 5.41) is 3.41. The zero-order valence-corrected chi connectivity index (χ0v) is 14.5. The monoisotopic (exact) mass is 349 g/mol. The van der Waals surface area contributed by atoms with Crippen molar-refractivity contribution in [2.45, 2.75) is 40.3 Å². The Balaban J connectivity index is 2.13. The highest BCUT2D eigenvalue weighted by molar-refractivity contribution is 9.10. The molecule has 1 N–H and O–H groups in total. The van der Waals surface area contributed by atoms with Crippen molar-refractivity contribution in [3.05, 3.63) is 68.4 Å². The van der Waals surface area contributed by atoms with Gasteiger partial charge >= 0.3 is 0 Å². The first-order valence-corrected chi connectivity index (χ1v) is 7.93. The molecule has 21 heavy (non-hydrogen) atoms. The Bertz CT molecular complexity index is 652. The first-order chi connectivity index (χ1) is 9.88. The second-order valence-corrected chi connectivity index (χ2v) is 6.55. The molecule has 112 valence electrons. The number of aryl methyl sites for hydroxylation is 3. The van der Waals surface area contributed by atoms with E-state index in [9.17, 15) is 4.39 Å². The van der Waals surface area contributed by atoms with E-state index >= 15 is 0 Å². The molecule has 2 aromatic carbocycles. The topological polar surface area (TPSA) is 12.0 Å². The number of benzene rings is 2. The van der Waals surface area contributed by atoms with Gasteiger partial charge in [0.2, 0.25) is 0 Å². The standard InChI is InChI=1S/C18H21BrFN/c1-11-7-13(3)17(8-12(11)2)14(4)21-10-15-9-16(19)5-6-18(15)20/h5-9,14,21H,10H2,1-4H3. The lowest BCUT2D eigenvalue weighted by Crippen LogP contribution is -2.20. The molecule has 0 aliphatic rings. The average molecular weight is 350 g/mol. The molecule has 0 radical (unpaired) electrons. The van der Waals surface area contributed by atoms with E-state index in [0.717, 1.165) is 4.47 Å². The van der Waals surface area contributed by atoms with Crippen LogP contribution in [0.2, 0.25) is 0 Å². The second kappa shape index (κ2) is 6.71. The summed E-state index contributed by atoms with van der Waals surface area (Å²) in [7, 11) is 0. The Labute approximate surface area is 134 Å². The van der Waals surface area contributed by atoms with Crippen molar-refractivity contribution in [1.82, 2.24) is 5.32 Å².